The van der Waals surface area contributed by atoms with E-state index < -0.39 is 0 Å². The average molecular weight is 207 g/mol. The van der Waals surface area contributed by atoms with E-state index in [2.05, 4.69) is 25.3 Å². The molecule has 1 heterocycles. The summed E-state index contributed by atoms with van der Waals surface area (Å²) in [5.41, 5.74) is 1.41. The second-order valence-electron chi connectivity index (χ2n) is 5.49. The van der Waals surface area contributed by atoms with Crippen LogP contribution < -0.4 is 0 Å². The van der Waals surface area contributed by atoms with Crippen LogP contribution in [0, 0.1) is 11.8 Å². The molecule has 86 valence electrons. The molecule has 0 aromatic heterocycles. The minimum absolute atomic E-state index is 0.798. The molecular formula is C14H25N. The fourth-order valence-electron chi connectivity index (χ4n) is 3.21. The summed E-state index contributed by atoms with van der Waals surface area (Å²) in [5.74, 6) is 1.67. The van der Waals surface area contributed by atoms with Gasteiger partial charge >= 0.3 is 0 Å². The van der Waals surface area contributed by atoms with Gasteiger partial charge in [0.15, 0.2) is 0 Å². The number of piperidine rings is 1. The number of hydrogen-bond donors (Lipinski definition) is 0. The highest BCUT2D eigenvalue weighted by Gasteiger charge is 2.33. The van der Waals surface area contributed by atoms with Gasteiger partial charge in [-0.25, -0.2) is 0 Å². The van der Waals surface area contributed by atoms with Crippen molar-refractivity contribution in [2.45, 2.75) is 52.0 Å². The van der Waals surface area contributed by atoms with Crippen LogP contribution in [0.2, 0.25) is 0 Å². The number of allylic oxidation sites excluding steroid dienone is 1. The molecule has 1 saturated heterocycles. The summed E-state index contributed by atoms with van der Waals surface area (Å²) in [4.78, 5) is 2.75. The van der Waals surface area contributed by atoms with Gasteiger partial charge in [-0.2, -0.15) is 0 Å². The fourth-order valence-corrected chi connectivity index (χ4v) is 3.21. The van der Waals surface area contributed by atoms with Crippen molar-refractivity contribution in [3.63, 3.8) is 0 Å². The topological polar surface area (TPSA) is 3.24 Å². The van der Waals surface area contributed by atoms with Crippen LogP contribution in [0.4, 0.5) is 0 Å². The standard InChI is InChI=1S/C14H25N/c1-4-12-10-15(13-6-5-7-13)9-8-14(12)11(2)3/h12-14H,2,4-10H2,1,3H3/t12-,14-/m1/s1. The van der Waals surface area contributed by atoms with Crippen LogP contribution in [-0.4, -0.2) is 24.0 Å². The normalized spacial score (nSPS) is 33.7. The molecule has 2 rings (SSSR count). The van der Waals surface area contributed by atoms with Gasteiger partial charge in [-0.05, 0) is 44.6 Å². The second kappa shape index (κ2) is 4.69. The summed E-state index contributed by atoms with van der Waals surface area (Å²) in [6.07, 6.45) is 7.04. The molecule has 0 radical (unpaired) electrons. The Bertz CT molecular complexity index is 229. The van der Waals surface area contributed by atoms with Crippen molar-refractivity contribution in [2.75, 3.05) is 13.1 Å². The maximum atomic E-state index is 4.16. The van der Waals surface area contributed by atoms with Crippen LogP contribution in [0.25, 0.3) is 0 Å². The highest BCUT2D eigenvalue weighted by atomic mass is 15.2. The summed E-state index contributed by atoms with van der Waals surface area (Å²) < 4.78 is 0. The first-order valence-electron chi connectivity index (χ1n) is 6.61. The third-order valence-electron chi connectivity index (χ3n) is 4.51. The first-order valence-corrected chi connectivity index (χ1v) is 6.61. The summed E-state index contributed by atoms with van der Waals surface area (Å²) in [6, 6.07) is 0.935. The van der Waals surface area contributed by atoms with Gasteiger partial charge < -0.3 is 4.90 Å². The minimum Gasteiger partial charge on any atom is -0.300 e. The largest absolute Gasteiger partial charge is 0.300 e. The lowest BCUT2D eigenvalue weighted by molar-refractivity contribution is 0.0552. The zero-order valence-corrected chi connectivity index (χ0v) is 10.3. The van der Waals surface area contributed by atoms with Gasteiger partial charge in [-0.3, -0.25) is 0 Å². The maximum absolute atomic E-state index is 4.16. The van der Waals surface area contributed by atoms with Crippen molar-refractivity contribution in [2.24, 2.45) is 11.8 Å². The lowest BCUT2D eigenvalue weighted by Gasteiger charge is -2.45. The van der Waals surface area contributed by atoms with Crippen molar-refractivity contribution >= 4 is 0 Å². The van der Waals surface area contributed by atoms with Crippen molar-refractivity contribution < 1.29 is 0 Å². The number of rotatable bonds is 3. The Kier molecular flexibility index (Phi) is 3.50. The molecule has 0 amide bonds. The van der Waals surface area contributed by atoms with E-state index in [0.29, 0.717) is 0 Å². The van der Waals surface area contributed by atoms with E-state index in [1.165, 1.54) is 50.8 Å². The summed E-state index contributed by atoms with van der Waals surface area (Å²) in [6.45, 7) is 11.4. The molecule has 1 aliphatic carbocycles. The van der Waals surface area contributed by atoms with Gasteiger partial charge in [0.25, 0.3) is 0 Å². The molecule has 1 heteroatoms. The quantitative estimate of drug-likeness (QED) is 0.641. The van der Waals surface area contributed by atoms with Crippen molar-refractivity contribution in [3.8, 4) is 0 Å². The van der Waals surface area contributed by atoms with E-state index in [1.807, 2.05) is 0 Å². The Hall–Kier alpha value is -0.300. The highest BCUT2D eigenvalue weighted by molar-refractivity contribution is 5.02. The Morgan fingerprint density at radius 1 is 1.33 bits per heavy atom. The Morgan fingerprint density at radius 3 is 2.53 bits per heavy atom. The maximum Gasteiger partial charge on any atom is 0.00954 e. The third-order valence-corrected chi connectivity index (χ3v) is 4.51. The number of nitrogens with zero attached hydrogens (tertiary/aromatic N) is 1. The first kappa shape index (κ1) is 11.2. The molecular weight excluding hydrogens is 182 g/mol. The third kappa shape index (κ3) is 2.28. The van der Waals surface area contributed by atoms with Gasteiger partial charge in [-0.1, -0.05) is 31.9 Å². The van der Waals surface area contributed by atoms with E-state index in [0.717, 1.165) is 17.9 Å². The molecule has 1 saturated carbocycles. The Labute approximate surface area is 94.5 Å². The number of likely N-dealkylation sites (tertiary alicyclic amines) is 1. The summed E-state index contributed by atoms with van der Waals surface area (Å²) in [5, 5.41) is 0. The van der Waals surface area contributed by atoms with E-state index in [-0.39, 0.29) is 0 Å². The van der Waals surface area contributed by atoms with Crippen LogP contribution in [0.3, 0.4) is 0 Å². The molecule has 0 aromatic rings. The Morgan fingerprint density at radius 2 is 2.07 bits per heavy atom. The van der Waals surface area contributed by atoms with Gasteiger partial charge in [0.1, 0.15) is 0 Å². The minimum atomic E-state index is 0.798. The lowest BCUT2D eigenvalue weighted by Crippen LogP contribution is -2.48. The summed E-state index contributed by atoms with van der Waals surface area (Å²) >= 11 is 0. The van der Waals surface area contributed by atoms with Crippen molar-refractivity contribution in [1.82, 2.24) is 4.90 Å². The molecule has 2 fully saturated rings. The van der Waals surface area contributed by atoms with E-state index in [1.54, 1.807) is 0 Å². The molecule has 1 nitrogen and oxygen atoms in total. The molecule has 0 aromatic carbocycles. The zero-order chi connectivity index (χ0) is 10.8. The predicted octanol–water partition coefficient (Wildman–Crippen LogP) is 3.46. The van der Waals surface area contributed by atoms with Gasteiger partial charge in [-0.15, -0.1) is 0 Å². The summed E-state index contributed by atoms with van der Waals surface area (Å²) in [7, 11) is 0. The molecule has 0 unspecified atom stereocenters. The lowest BCUT2D eigenvalue weighted by atomic mass is 9.78. The van der Waals surface area contributed by atoms with Crippen LogP contribution in [-0.2, 0) is 0 Å². The van der Waals surface area contributed by atoms with Gasteiger partial charge in [0.05, 0.1) is 0 Å². The van der Waals surface area contributed by atoms with E-state index >= 15 is 0 Å². The molecule has 1 aliphatic heterocycles. The predicted molar refractivity (Wildman–Crippen MR) is 65.9 cm³/mol. The number of hydrogen-bond acceptors (Lipinski definition) is 1. The second-order valence-corrected chi connectivity index (χ2v) is 5.49. The molecule has 2 atom stereocenters. The van der Waals surface area contributed by atoms with E-state index in [9.17, 15) is 0 Å². The van der Waals surface area contributed by atoms with Crippen LogP contribution in [0.1, 0.15) is 46.0 Å². The van der Waals surface area contributed by atoms with Crippen LogP contribution >= 0.6 is 0 Å². The van der Waals surface area contributed by atoms with Crippen molar-refractivity contribution in [3.05, 3.63) is 12.2 Å². The van der Waals surface area contributed by atoms with Gasteiger partial charge in [0.2, 0.25) is 0 Å². The highest BCUT2D eigenvalue weighted by Crippen LogP contribution is 2.35. The van der Waals surface area contributed by atoms with Crippen LogP contribution in [0.15, 0.2) is 12.2 Å². The average Bonchev–Trinajstić information content (AvgIpc) is 2.14. The SMILES string of the molecule is C=C(C)[C@H]1CCN(C2CCC2)C[C@H]1CC. The van der Waals surface area contributed by atoms with Crippen LogP contribution in [0.5, 0.6) is 0 Å². The fraction of sp³-hybridized carbons (Fsp3) is 0.857. The molecule has 0 bridgehead atoms. The molecule has 2 aliphatic rings. The van der Waals surface area contributed by atoms with Crippen molar-refractivity contribution in [1.29, 1.82) is 0 Å². The zero-order valence-electron chi connectivity index (χ0n) is 10.3. The molecule has 0 N–H and O–H groups in total. The molecule has 0 spiro atoms. The van der Waals surface area contributed by atoms with Gasteiger partial charge in [0, 0.05) is 12.6 Å². The smallest absolute Gasteiger partial charge is 0.00954 e. The van der Waals surface area contributed by atoms with E-state index in [4.69, 9.17) is 0 Å². The Balaban J connectivity index is 1.93. The monoisotopic (exact) mass is 207 g/mol. The first-order chi connectivity index (χ1) is 7.22. The molecule has 15 heavy (non-hydrogen) atoms.